The Kier molecular flexibility index (Phi) is 12.4. The molecule has 0 radical (unpaired) electrons. The van der Waals surface area contributed by atoms with Crippen molar-refractivity contribution >= 4 is 80.9 Å². The van der Waals surface area contributed by atoms with Gasteiger partial charge in [-0.3, -0.25) is 14.5 Å². The molecule has 0 spiro atoms. The van der Waals surface area contributed by atoms with E-state index >= 15 is 0 Å². The van der Waals surface area contributed by atoms with Gasteiger partial charge in [-0.05, 0) is 61.9 Å². The van der Waals surface area contributed by atoms with Crippen molar-refractivity contribution in [1.82, 2.24) is 9.88 Å². The van der Waals surface area contributed by atoms with Gasteiger partial charge in [0.15, 0.2) is 0 Å². The predicted molar refractivity (Wildman–Crippen MR) is 182 cm³/mol. The molecule has 1 saturated heterocycles. The molecule has 1 aliphatic rings. The number of ether oxygens (including phenoxy) is 1. The van der Waals surface area contributed by atoms with E-state index in [0.717, 1.165) is 30.7 Å². The summed E-state index contributed by atoms with van der Waals surface area (Å²) >= 11 is 20.5. The lowest BCUT2D eigenvalue weighted by molar-refractivity contribution is 0.102. The van der Waals surface area contributed by atoms with Crippen molar-refractivity contribution in [2.45, 2.75) is 52.6 Å². The van der Waals surface area contributed by atoms with Crippen LogP contribution in [0.25, 0.3) is 0 Å². The van der Waals surface area contributed by atoms with E-state index in [0.29, 0.717) is 76.4 Å². The van der Waals surface area contributed by atoms with Crippen LogP contribution in [0.3, 0.4) is 0 Å². The fraction of sp³-hybridized carbons (Fsp3) is 0.419. The number of nitrogens with one attached hydrogen (secondary N) is 3. The SMILES string of the molecule is CCCC(=N)CCN(Cc1csc(C(=O)Nc2c(C(=O)Nc3ccc(Cl)cn3)cc(Cl)cc2N2CCOCC2)c1Cl)C(C)C. The first kappa shape index (κ1) is 34.1. The van der Waals surface area contributed by atoms with Crippen molar-refractivity contribution < 1.29 is 14.3 Å². The Hall–Kier alpha value is -2.73. The zero-order chi connectivity index (χ0) is 31.8. The highest BCUT2D eigenvalue weighted by atomic mass is 35.5. The maximum Gasteiger partial charge on any atom is 0.267 e. The second kappa shape index (κ2) is 16.0. The highest BCUT2D eigenvalue weighted by molar-refractivity contribution is 7.13. The molecule has 3 N–H and O–H groups in total. The van der Waals surface area contributed by atoms with Crippen molar-refractivity contribution in [2.75, 3.05) is 48.4 Å². The predicted octanol–water partition coefficient (Wildman–Crippen LogP) is 7.86. The van der Waals surface area contributed by atoms with Crippen LogP contribution >= 0.6 is 46.1 Å². The molecule has 1 aliphatic heterocycles. The molecule has 0 bridgehead atoms. The third kappa shape index (κ3) is 8.93. The molecule has 1 fully saturated rings. The van der Waals surface area contributed by atoms with Gasteiger partial charge in [-0.25, -0.2) is 4.98 Å². The number of thiophene rings is 1. The molecule has 2 aromatic heterocycles. The highest BCUT2D eigenvalue weighted by Gasteiger charge is 2.26. The summed E-state index contributed by atoms with van der Waals surface area (Å²) in [5.74, 6) is -0.621. The van der Waals surface area contributed by atoms with E-state index in [1.165, 1.54) is 23.6 Å². The second-order valence-electron chi connectivity index (χ2n) is 10.8. The monoisotopic (exact) mass is 678 g/mol. The molecule has 2 amide bonds. The van der Waals surface area contributed by atoms with Crippen LogP contribution in [0.1, 0.15) is 65.6 Å². The fourth-order valence-corrected chi connectivity index (χ4v) is 6.41. The van der Waals surface area contributed by atoms with Crippen molar-refractivity contribution in [1.29, 1.82) is 5.41 Å². The zero-order valence-electron chi connectivity index (χ0n) is 25.0. The van der Waals surface area contributed by atoms with Gasteiger partial charge in [0.25, 0.3) is 11.8 Å². The lowest BCUT2D eigenvalue weighted by atomic mass is 10.1. The number of morpholine rings is 1. The highest BCUT2D eigenvalue weighted by Crippen LogP contribution is 2.37. The van der Waals surface area contributed by atoms with Crippen molar-refractivity contribution in [3.8, 4) is 0 Å². The minimum Gasteiger partial charge on any atom is -0.378 e. The van der Waals surface area contributed by atoms with Crippen LogP contribution in [0.2, 0.25) is 15.1 Å². The van der Waals surface area contributed by atoms with Gasteiger partial charge < -0.3 is 25.7 Å². The number of anilines is 3. The van der Waals surface area contributed by atoms with E-state index in [-0.39, 0.29) is 11.6 Å². The van der Waals surface area contributed by atoms with E-state index in [1.54, 1.807) is 18.2 Å². The van der Waals surface area contributed by atoms with E-state index in [1.807, 2.05) is 10.3 Å². The number of pyridine rings is 1. The molecule has 3 heterocycles. The zero-order valence-corrected chi connectivity index (χ0v) is 28.1. The number of amides is 2. The van der Waals surface area contributed by atoms with Crippen LogP contribution in [0.15, 0.2) is 35.8 Å². The topological polar surface area (TPSA) is 111 Å². The number of carbonyl (C=O) groups is 2. The lowest BCUT2D eigenvalue weighted by Crippen LogP contribution is -2.37. The summed E-state index contributed by atoms with van der Waals surface area (Å²) in [4.78, 5) is 36.1. The molecule has 4 rings (SSSR count). The molecule has 44 heavy (non-hydrogen) atoms. The standard InChI is InChI=1S/C31H37Cl3N6O3S/c1-4-5-23(35)8-9-40(19(2)3)17-20-18-44-29(27(20)34)31(42)38-28-24(30(41)37-26-7-6-21(32)16-36-26)14-22(33)15-25(28)39-10-12-43-13-11-39/h6-7,14-16,18-19,35H,4-5,8-13,17H2,1-3H3,(H,38,42)(H,36,37,41). The van der Waals surface area contributed by atoms with Crippen molar-refractivity contribution in [2.24, 2.45) is 0 Å². The maximum absolute atomic E-state index is 13.8. The molecule has 0 atom stereocenters. The molecule has 0 aliphatic carbocycles. The molecular formula is C31H37Cl3N6O3S. The molecule has 0 unspecified atom stereocenters. The first-order valence-electron chi connectivity index (χ1n) is 14.5. The van der Waals surface area contributed by atoms with E-state index in [2.05, 4.69) is 41.3 Å². The summed E-state index contributed by atoms with van der Waals surface area (Å²) in [6, 6.07) is 6.70. The Morgan fingerprint density at radius 1 is 1.09 bits per heavy atom. The number of nitrogens with zero attached hydrogens (tertiary/aromatic N) is 3. The Morgan fingerprint density at radius 3 is 2.50 bits per heavy atom. The maximum atomic E-state index is 13.8. The summed E-state index contributed by atoms with van der Waals surface area (Å²) in [5.41, 5.74) is 2.68. The largest absolute Gasteiger partial charge is 0.378 e. The molecule has 236 valence electrons. The van der Waals surface area contributed by atoms with Crippen LogP contribution < -0.4 is 15.5 Å². The average molecular weight is 680 g/mol. The second-order valence-corrected chi connectivity index (χ2v) is 12.9. The minimum absolute atomic E-state index is 0.178. The normalized spacial score (nSPS) is 13.4. The number of halogens is 3. The average Bonchev–Trinajstić information content (AvgIpc) is 3.37. The van der Waals surface area contributed by atoms with E-state index in [9.17, 15) is 9.59 Å². The Morgan fingerprint density at radius 2 is 1.84 bits per heavy atom. The summed E-state index contributed by atoms with van der Waals surface area (Å²) in [6.07, 6.45) is 3.88. The van der Waals surface area contributed by atoms with Crippen LogP contribution in [0, 0.1) is 5.41 Å². The van der Waals surface area contributed by atoms with Crippen LogP contribution in [0.5, 0.6) is 0 Å². The van der Waals surface area contributed by atoms with Gasteiger partial charge in [-0.2, -0.15) is 0 Å². The number of benzene rings is 1. The first-order valence-corrected chi connectivity index (χ1v) is 16.5. The van der Waals surface area contributed by atoms with E-state index in [4.69, 9.17) is 44.9 Å². The number of carbonyl (C=O) groups excluding carboxylic acids is 2. The van der Waals surface area contributed by atoms with Crippen LogP contribution in [-0.2, 0) is 11.3 Å². The smallest absolute Gasteiger partial charge is 0.267 e. The molecular weight excluding hydrogens is 643 g/mol. The molecule has 0 saturated carbocycles. The molecule has 1 aromatic carbocycles. The third-order valence-corrected chi connectivity index (χ3v) is 9.26. The Labute approximate surface area is 277 Å². The first-order chi connectivity index (χ1) is 21.1. The molecule has 3 aromatic rings. The number of rotatable bonds is 13. The summed E-state index contributed by atoms with van der Waals surface area (Å²) in [7, 11) is 0. The van der Waals surface area contributed by atoms with Crippen molar-refractivity contribution in [3.05, 3.63) is 66.9 Å². The number of hydrogen-bond donors (Lipinski definition) is 3. The lowest BCUT2D eigenvalue weighted by Gasteiger charge is -2.31. The summed E-state index contributed by atoms with van der Waals surface area (Å²) in [6.45, 7) is 9.71. The van der Waals surface area contributed by atoms with Crippen molar-refractivity contribution in [3.63, 3.8) is 0 Å². The number of aromatic nitrogens is 1. The molecule has 13 heteroatoms. The van der Waals surface area contributed by atoms with Gasteiger partial charge in [-0.15, -0.1) is 11.3 Å². The van der Waals surface area contributed by atoms with Gasteiger partial charge in [-0.1, -0.05) is 48.1 Å². The summed E-state index contributed by atoms with van der Waals surface area (Å²) < 4.78 is 5.53. The van der Waals surface area contributed by atoms with Gasteiger partial charge in [0.05, 0.1) is 40.2 Å². The van der Waals surface area contributed by atoms with Gasteiger partial charge in [0.1, 0.15) is 10.7 Å². The van der Waals surface area contributed by atoms with Crippen LogP contribution in [-0.4, -0.2) is 66.3 Å². The molecule has 9 nitrogen and oxygen atoms in total. The Bertz CT molecular complexity index is 1480. The Balaban J connectivity index is 1.61. The minimum atomic E-state index is -0.494. The van der Waals surface area contributed by atoms with Crippen LogP contribution in [0.4, 0.5) is 17.2 Å². The quantitative estimate of drug-likeness (QED) is 0.159. The van der Waals surface area contributed by atoms with E-state index < -0.39 is 11.8 Å². The third-order valence-electron chi connectivity index (χ3n) is 7.25. The summed E-state index contributed by atoms with van der Waals surface area (Å²) in [5, 5.41) is 17.0. The van der Waals surface area contributed by atoms with Gasteiger partial charge in [0, 0.05) is 49.2 Å². The van der Waals surface area contributed by atoms with Gasteiger partial charge >= 0.3 is 0 Å². The number of hydrogen-bond acceptors (Lipinski definition) is 8. The fourth-order valence-electron chi connectivity index (χ4n) is 4.84. The van der Waals surface area contributed by atoms with Gasteiger partial charge in [0.2, 0.25) is 0 Å².